The van der Waals surface area contributed by atoms with Crippen LogP contribution in [0.5, 0.6) is 0 Å². The van der Waals surface area contributed by atoms with Gasteiger partial charge in [0, 0.05) is 4.47 Å². The molecule has 0 aliphatic heterocycles. The lowest BCUT2D eigenvalue weighted by atomic mass is 10.2. The van der Waals surface area contributed by atoms with Crippen LogP contribution in [-0.4, -0.2) is 16.1 Å². The minimum Gasteiger partial charge on any atom is -0.305 e. The minimum absolute atomic E-state index is 0.255. The Hall–Kier alpha value is -1.46. The number of hydrogen-bond donors (Lipinski definition) is 1. The molecule has 0 saturated carbocycles. The van der Waals surface area contributed by atoms with Crippen LogP contribution in [0.2, 0.25) is 5.15 Å². The number of anilines is 1. The van der Waals surface area contributed by atoms with Gasteiger partial charge in [-0.1, -0.05) is 23.7 Å². The van der Waals surface area contributed by atoms with Crippen LogP contribution in [0.25, 0.3) is 0 Å². The Labute approximate surface area is 111 Å². The third-order valence-electron chi connectivity index (χ3n) is 1.99. The average Bonchev–Trinajstić information content (AvgIpc) is 2.32. The molecule has 6 heteroatoms. The highest BCUT2D eigenvalue weighted by atomic mass is 79.9. The number of aromatic nitrogens is 2. The zero-order valence-corrected chi connectivity index (χ0v) is 10.9. The van der Waals surface area contributed by atoms with Crippen molar-refractivity contribution in [2.45, 2.75) is 0 Å². The minimum atomic E-state index is -0.255. The number of hydrogen-bond acceptors (Lipinski definition) is 3. The molecule has 1 N–H and O–H groups in total. The number of carbonyl (C=O) groups is 1. The summed E-state index contributed by atoms with van der Waals surface area (Å²) in [6.07, 6.45) is 0. The number of nitrogens with one attached hydrogen (secondary N) is 1. The SMILES string of the molecule is O=C(Nc1ccc(Cl)nn1)c1ccccc1Br. The second kappa shape index (κ2) is 5.25. The second-order valence-corrected chi connectivity index (χ2v) is 4.42. The van der Waals surface area contributed by atoms with E-state index in [0.29, 0.717) is 11.4 Å². The van der Waals surface area contributed by atoms with Gasteiger partial charge in [-0.2, -0.15) is 0 Å². The van der Waals surface area contributed by atoms with Crippen LogP contribution >= 0.6 is 27.5 Å². The van der Waals surface area contributed by atoms with E-state index in [0.717, 1.165) is 4.47 Å². The summed E-state index contributed by atoms with van der Waals surface area (Å²) in [5.41, 5.74) is 0.532. The van der Waals surface area contributed by atoms with Crippen LogP contribution < -0.4 is 5.32 Å². The van der Waals surface area contributed by atoms with E-state index in [-0.39, 0.29) is 11.1 Å². The van der Waals surface area contributed by atoms with Crippen molar-refractivity contribution in [3.05, 3.63) is 51.6 Å². The summed E-state index contributed by atoms with van der Waals surface area (Å²) < 4.78 is 0.722. The van der Waals surface area contributed by atoms with Crippen molar-refractivity contribution in [1.82, 2.24) is 10.2 Å². The molecule has 86 valence electrons. The fraction of sp³-hybridized carbons (Fsp3) is 0. The van der Waals surface area contributed by atoms with Crippen LogP contribution in [0.15, 0.2) is 40.9 Å². The summed E-state index contributed by atoms with van der Waals surface area (Å²) in [7, 11) is 0. The summed E-state index contributed by atoms with van der Waals surface area (Å²) in [6, 6.07) is 10.3. The van der Waals surface area contributed by atoms with Crippen LogP contribution in [-0.2, 0) is 0 Å². The standard InChI is InChI=1S/C11H7BrClN3O/c12-8-4-2-1-3-7(8)11(17)14-10-6-5-9(13)15-16-10/h1-6H,(H,14,16,17). The molecule has 1 amide bonds. The normalized spacial score (nSPS) is 10.0. The topological polar surface area (TPSA) is 54.9 Å². The van der Waals surface area contributed by atoms with Gasteiger partial charge in [0.2, 0.25) is 0 Å². The van der Waals surface area contributed by atoms with E-state index in [1.165, 1.54) is 0 Å². The molecule has 17 heavy (non-hydrogen) atoms. The van der Waals surface area contributed by atoms with Crippen molar-refractivity contribution in [2.24, 2.45) is 0 Å². The molecule has 0 atom stereocenters. The first-order chi connectivity index (χ1) is 8.16. The Balaban J connectivity index is 2.17. The fourth-order valence-electron chi connectivity index (χ4n) is 1.21. The third-order valence-corrected chi connectivity index (χ3v) is 2.89. The highest BCUT2D eigenvalue weighted by Crippen LogP contribution is 2.17. The number of carbonyl (C=O) groups excluding carboxylic acids is 1. The number of benzene rings is 1. The van der Waals surface area contributed by atoms with Gasteiger partial charge in [-0.05, 0) is 40.2 Å². The maximum atomic E-state index is 11.9. The van der Waals surface area contributed by atoms with Crippen molar-refractivity contribution in [2.75, 3.05) is 5.32 Å². The van der Waals surface area contributed by atoms with Gasteiger partial charge in [0.15, 0.2) is 11.0 Å². The molecule has 4 nitrogen and oxygen atoms in total. The van der Waals surface area contributed by atoms with Gasteiger partial charge >= 0.3 is 0 Å². The third kappa shape index (κ3) is 3.01. The van der Waals surface area contributed by atoms with E-state index in [4.69, 9.17) is 11.6 Å². The van der Waals surface area contributed by atoms with E-state index in [9.17, 15) is 4.79 Å². The van der Waals surface area contributed by atoms with Gasteiger partial charge in [-0.25, -0.2) is 0 Å². The van der Waals surface area contributed by atoms with E-state index in [1.807, 2.05) is 6.07 Å². The Kier molecular flexibility index (Phi) is 3.71. The number of nitrogens with zero attached hydrogens (tertiary/aromatic N) is 2. The zero-order chi connectivity index (χ0) is 12.3. The van der Waals surface area contributed by atoms with Gasteiger partial charge in [0.05, 0.1) is 5.56 Å². The van der Waals surface area contributed by atoms with Gasteiger partial charge in [0.1, 0.15) is 0 Å². The molecule has 1 aromatic carbocycles. The van der Waals surface area contributed by atoms with Crippen LogP contribution in [0.3, 0.4) is 0 Å². The second-order valence-electron chi connectivity index (χ2n) is 3.18. The van der Waals surface area contributed by atoms with E-state index < -0.39 is 0 Å². The first kappa shape index (κ1) is 12.0. The van der Waals surface area contributed by atoms with E-state index in [1.54, 1.807) is 30.3 Å². The smallest absolute Gasteiger partial charge is 0.258 e. The summed E-state index contributed by atoms with van der Waals surface area (Å²) in [5.74, 6) is 0.101. The van der Waals surface area contributed by atoms with Crippen molar-refractivity contribution in [1.29, 1.82) is 0 Å². The average molecular weight is 313 g/mol. The first-order valence-electron chi connectivity index (χ1n) is 4.72. The summed E-state index contributed by atoms with van der Waals surface area (Å²) in [4.78, 5) is 11.9. The van der Waals surface area contributed by atoms with Gasteiger partial charge in [-0.3, -0.25) is 4.79 Å². The lowest BCUT2D eigenvalue weighted by molar-refractivity contribution is 0.102. The monoisotopic (exact) mass is 311 g/mol. The first-order valence-corrected chi connectivity index (χ1v) is 5.89. The molecule has 1 heterocycles. The molecule has 0 aliphatic carbocycles. The molecule has 2 rings (SSSR count). The molecule has 1 aromatic heterocycles. The molecular weight excluding hydrogens is 305 g/mol. The highest BCUT2D eigenvalue weighted by molar-refractivity contribution is 9.10. The Morgan fingerprint density at radius 1 is 1.18 bits per heavy atom. The van der Waals surface area contributed by atoms with Crippen LogP contribution in [0.4, 0.5) is 5.82 Å². The predicted molar refractivity (Wildman–Crippen MR) is 69.1 cm³/mol. The summed E-state index contributed by atoms with van der Waals surface area (Å²) >= 11 is 8.90. The Bertz CT molecular complexity index is 545. The maximum absolute atomic E-state index is 11.9. The zero-order valence-electron chi connectivity index (χ0n) is 8.52. The molecule has 0 fully saturated rings. The lowest BCUT2D eigenvalue weighted by Crippen LogP contribution is -2.13. The number of rotatable bonds is 2. The molecular formula is C11H7BrClN3O. The highest BCUT2D eigenvalue weighted by Gasteiger charge is 2.09. The number of halogens is 2. The van der Waals surface area contributed by atoms with Crippen molar-refractivity contribution >= 4 is 39.3 Å². The lowest BCUT2D eigenvalue weighted by Gasteiger charge is -2.05. The van der Waals surface area contributed by atoms with Crippen LogP contribution in [0, 0.1) is 0 Å². The van der Waals surface area contributed by atoms with E-state index >= 15 is 0 Å². The fourth-order valence-corrected chi connectivity index (χ4v) is 1.78. The summed E-state index contributed by atoms with van der Waals surface area (Å²) in [6.45, 7) is 0. The Morgan fingerprint density at radius 2 is 1.94 bits per heavy atom. The van der Waals surface area contributed by atoms with Crippen molar-refractivity contribution < 1.29 is 4.79 Å². The van der Waals surface area contributed by atoms with E-state index in [2.05, 4.69) is 31.4 Å². The molecule has 0 aliphatic rings. The molecule has 2 aromatic rings. The molecule has 0 spiro atoms. The van der Waals surface area contributed by atoms with Crippen molar-refractivity contribution in [3.63, 3.8) is 0 Å². The van der Waals surface area contributed by atoms with Crippen LogP contribution in [0.1, 0.15) is 10.4 Å². The molecule has 0 unspecified atom stereocenters. The van der Waals surface area contributed by atoms with Crippen molar-refractivity contribution in [3.8, 4) is 0 Å². The van der Waals surface area contributed by atoms with Gasteiger partial charge < -0.3 is 5.32 Å². The van der Waals surface area contributed by atoms with Gasteiger partial charge in [-0.15, -0.1) is 10.2 Å². The molecule has 0 saturated heterocycles. The quantitative estimate of drug-likeness (QED) is 0.927. The maximum Gasteiger partial charge on any atom is 0.258 e. The molecule has 0 bridgehead atoms. The largest absolute Gasteiger partial charge is 0.305 e. The predicted octanol–water partition coefficient (Wildman–Crippen LogP) is 3.14. The Morgan fingerprint density at radius 3 is 2.59 bits per heavy atom. The van der Waals surface area contributed by atoms with Gasteiger partial charge in [0.25, 0.3) is 5.91 Å². The summed E-state index contributed by atoms with van der Waals surface area (Å²) in [5, 5.41) is 10.3. The molecule has 0 radical (unpaired) electrons. The number of amides is 1.